The summed E-state index contributed by atoms with van der Waals surface area (Å²) in [6.45, 7) is 0.217. The summed E-state index contributed by atoms with van der Waals surface area (Å²) >= 11 is 0. The van der Waals surface area contributed by atoms with E-state index in [2.05, 4.69) is 15.7 Å². The smallest absolute Gasteiger partial charge is 0.355 e. The van der Waals surface area contributed by atoms with Crippen molar-refractivity contribution in [3.05, 3.63) is 60.7 Å². The first kappa shape index (κ1) is 24.5. The summed E-state index contributed by atoms with van der Waals surface area (Å²) in [7, 11) is -4.19. The number of aromatic nitrogens is 2. The number of halogens is 3. The van der Waals surface area contributed by atoms with Crippen LogP contribution in [-0.2, 0) is 19.4 Å². The largest absolute Gasteiger partial charge is 0.390 e. The van der Waals surface area contributed by atoms with Gasteiger partial charge in [0.05, 0.1) is 34.4 Å². The Morgan fingerprint density at radius 2 is 1.86 bits per heavy atom. The van der Waals surface area contributed by atoms with Gasteiger partial charge in [0.1, 0.15) is 0 Å². The summed E-state index contributed by atoms with van der Waals surface area (Å²) in [5, 5.41) is 9.70. The van der Waals surface area contributed by atoms with Crippen molar-refractivity contribution in [1.29, 1.82) is 0 Å². The van der Waals surface area contributed by atoms with Gasteiger partial charge >= 0.3 is 6.18 Å². The quantitative estimate of drug-likeness (QED) is 0.511. The van der Waals surface area contributed by atoms with Crippen LogP contribution in [0, 0.1) is 5.92 Å². The number of rotatable bonds is 7. The molecule has 8 nitrogen and oxygen atoms in total. The molecule has 0 bridgehead atoms. The third kappa shape index (κ3) is 5.88. The first-order chi connectivity index (χ1) is 16.5. The van der Waals surface area contributed by atoms with E-state index in [1.165, 1.54) is 28.9 Å². The van der Waals surface area contributed by atoms with E-state index in [0.29, 0.717) is 16.9 Å². The first-order valence-electron chi connectivity index (χ1n) is 10.6. The van der Waals surface area contributed by atoms with Gasteiger partial charge in [-0.15, -0.1) is 5.10 Å². The zero-order valence-electron chi connectivity index (χ0n) is 18.2. The van der Waals surface area contributed by atoms with Crippen molar-refractivity contribution < 1.29 is 31.2 Å². The predicted octanol–water partition coefficient (Wildman–Crippen LogP) is 3.34. The highest BCUT2D eigenvalue weighted by molar-refractivity contribution is 7.91. The molecule has 1 aliphatic heterocycles. The molecular weight excluding hydrogens is 485 g/mol. The third-order valence-electron chi connectivity index (χ3n) is 5.45. The number of carbonyl (C=O) groups excluding carboxylic acids is 2. The number of sulfone groups is 1. The fourth-order valence-corrected chi connectivity index (χ4v) is 4.98. The van der Waals surface area contributed by atoms with Gasteiger partial charge in [0.2, 0.25) is 11.8 Å². The predicted molar refractivity (Wildman–Crippen MR) is 121 cm³/mol. The lowest BCUT2D eigenvalue weighted by atomic mass is 10.1. The standard InChI is InChI=1S/C23H21F3N4O4S/c24-23(25,26)9-10-35(33,34)18-8-4-5-15(11-18)19-13-20(28-22(32)16-12-21(31)27-14-16)29-30(19)17-6-2-1-3-7-17/h1-8,11,13,16H,9-10,12,14H2,(H,27,31)(H,28,29,32)/t16-/m0/s1. The van der Waals surface area contributed by atoms with Crippen molar-refractivity contribution in [1.82, 2.24) is 15.1 Å². The van der Waals surface area contributed by atoms with Gasteiger partial charge in [0, 0.05) is 24.6 Å². The van der Waals surface area contributed by atoms with Crippen LogP contribution in [0.15, 0.2) is 65.6 Å². The van der Waals surface area contributed by atoms with Crippen molar-refractivity contribution in [2.45, 2.75) is 23.9 Å². The molecule has 35 heavy (non-hydrogen) atoms. The molecule has 1 aliphatic rings. The molecular formula is C23H21F3N4O4S. The lowest BCUT2D eigenvalue weighted by Gasteiger charge is -2.10. The van der Waals surface area contributed by atoms with Crippen molar-refractivity contribution in [2.75, 3.05) is 17.6 Å². The Bertz CT molecular complexity index is 1350. The van der Waals surface area contributed by atoms with Crippen LogP contribution in [0.1, 0.15) is 12.8 Å². The number of anilines is 1. The number of hydrogen-bond donors (Lipinski definition) is 2. The maximum atomic E-state index is 12.6. The summed E-state index contributed by atoms with van der Waals surface area (Å²) in [5.74, 6) is -2.04. The number of carbonyl (C=O) groups is 2. The van der Waals surface area contributed by atoms with E-state index in [4.69, 9.17) is 0 Å². The molecule has 1 saturated heterocycles. The first-order valence-corrected chi connectivity index (χ1v) is 12.3. The summed E-state index contributed by atoms with van der Waals surface area (Å²) in [4.78, 5) is 23.8. The van der Waals surface area contributed by atoms with Crippen LogP contribution < -0.4 is 10.6 Å². The summed E-state index contributed by atoms with van der Waals surface area (Å²) in [6, 6.07) is 16.0. The molecule has 2 N–H and O–H groups in total. The summed E-state index contributed by atoms with van der Waals surface area (Å²) in [5.41, 5.74) is 1.42. The van der Waals surface area contributed by atoms with Crippen LogP contribution in [0.25, 0.3) is 16.9 Å². The zero-order chi connectivity index (χ0) is 25.2. The minimum absolute atomic E-state index is 0.0654. The lowest BCUT2D eigenvalue weighted by molar-refractivity contribution is -0.130. The molecule has 2 amide bonds. The molecule has 2 heterocycles. The van der Waals surface area contributed by atoms with Crippen LogP contribution in [0.4, 0.5) is 19.0 Å². The van der Waals surface area contributed by atoms with Crippen LogP contribution in [0.2, 0.25) is 0 Å². The second kappa shape index (κ2) is 9.53. The molecule has 184 valence electrons. The van der Waals surface area contributed by atoms with Crippen molar-refractivity contribution in [3.8, 4) is 16.9 Å². The van der Waals surface area contributed by atoms with Gasteiger partial charge in [-0.1, -0.05) is 30.3 Å². The lowest BCUT2D eigenvalue weighted by Crippen LogP contribution is -2.24. The topological polar surface area (TPSA) is 110 Å². The molecule has 4 rings (SSSR count). The Balaban J connectivity index is 1.69. The fraction of sp³-hybridized carbons (Fsp3) is 0.261. The van der Waals surface area contributed by atoms with E-state index in [9.17, 15) is 31.2 Å². The highest BCUT2D eigenvalue weighted by atomic mass is 32.2. The molecule has 1 atom stereocenters. The van der Waals surface area contributed by atoms with E-state index >= 15 is 0 Å². The molecule has 1 aromatic heterocycles. The van der Waals surface area contributed by atoms with Crippen molar-refractivity contribution >= 4 is 27.5 Å². The second-order valence-corrected chi connectivity index (χ2v) is 10.2. The second-order valence-electron chi connectivity index (χ2n) is 8.07. The van der Waals surface area contributed by atoms with Gasteiger partial charge in [-0.05, 0) is 24.3 Å². The normalized spacial score (nSPS) is 16.2. The summed E-state index contributed by atoms with van der Waals surface area (Å²) < 4.78 is 64.3. The molecule has 0 spiro atoms. The average Bonchev–Trinajstić information content (AvgIpc) is 3.45. The average molecular weight is 507 g/mol. The van der Waals surface area contributed by atoms with Gasteiger partial charge in [0.25, 0.3) is 0 Å². The Morgan fingerprint density at radius 1 is 1.11 bits per heavy atom. The SMILES string of the molecule is O=C1C[C@H](C(=O)Nc2cc(-c3cccc(S(=O)(=O)CCC(F)(F)F)c3)n(-c3ccccc3)n2)CN1. The van der Waals surface area contributed by atoms with E-state index in [0.717, 1.165) is 0 Å². The summed E-state index contributed by atoms with van der Waals surface area (Å²) in [6.07, 6.45) is -5.98. The van der Waals surface area contributed by atoms with Crippen LogP contribution in [0.3, 0.4) is 0 Å². The number of amides is 2. The minimum Gasteiger partial charge on any atom is -0.355 e. The van der Waals surface area contributed by atoms with E-state index < -0.39 is 40.0 Å². The zero-order valence-corrected chi connectivity index (χ0v) is 19.1. The molecule has 1 fully saturated rings. The minimum atomic E-state index is -4.59. The third-order valence-corrected chi connectivity index (χ3v) is 7.17. The number of hydrogen-bond acceptors (Lipinski definition) is 5. The molecule has 0 aliphatic carbocycles. The Morgan fingerprint density at radius 3 is 2.51 bits per heavy atom. The Hall–Kier alpha value is -3.67. The number of nitrogens with zero attached hydrogens (tertiary/aromatic N) is 2. The molecule has 2 aromatic carbocycles. The Labute approximate surface area is 199 Å². The van der Waals surface area contributed by atoms with Crippen LogP contribution in [-0.4, -0.2) is 48.5 Å². The molecule has 12 heteroatoms. The van der Waals surface area contributed by atoms with Gasteiger partial charge in [-0.25, -0.2) is 13.1 Å². The number of benzene rings is 2. The highest BCUT2D eigenvalue weighted by Crippen LogP contribution is 2.29. The maximum absolute atomic E-state index is 12.6. The molecule has 3 aromatic rings. The van der Waals surface area contributed by atoms with Crippen LogP contribution in [0.5, 0.6) is 0 Å². The van der Waals surface area contributed by atoms with Gasteiger partial charge < -0.3 is 10.6 Å². The van der Waals surface area contributed by atoms with Crippen molar-refractivity contribution in [2.24, 2.45) is 5.92 Å². The monoisotopic (exact) mass is 506 g/mol. The molecule has 0 saturated carbocycles. The number of para-hydroxylation sites is 1. The van der Waals surface area contributed by atoms with Crippen molar-refractivity contribution in [3.63, 3.8) is 0 Å². The van der Waals surface area contributed by atoms with Crippen LogP contribution >= 0.6 is 0 Å². The maximum Gasteiger partial charge on any atom is 0.390 e. The van der Waals surface area contributed by atoms with Gasteiger partial charge in [-0.3, -0.25) is 9.59 Å². The number of nitrogens with one attached hydrogen (secondary N) is 2. The van der Waals surface area contributed by atoms with Gasteiger partial charge in [-0.2, -0.15) is 13.2 Å². The van der Waals surface area contributed by atoms with E-state index in [1.807, 2.05) is 0 Å². The highest BCUT2D eigenvalue weighted by Gasteiger charge is 2.31. The van der Waals surface area contributed by atoms with Gasteiger partial charge in [0.15, 0.2) is 15.7 Å². The number of alkyl halides is 3. The molecule has 0 radical (unpaired) electrons. The molecule has 0 unspecified atom stereocenters. The van der Waals surface area contributed by atoms with E-state index in [1.54, 1.807) is 36.4 Å². The Kier molecular flexibility index (Phi) is 6.66. The van der Waals surface area contributed by atoms with E-state index in [-0.39, 0.29) is 29.6 Å². The fourth-order valence-electron chi connectivity index (χ4n) is 3.65.